The monoisotopic (exact) mass is 196 g/mol. The molecule has 2 rings (SSSR count). The minimum absolute atomic E-state index is 0.159. The Morgan fingerprint density at radius 3 is 2.86 bits per heavy atom. The zero-order valence-corrected chi connectivity index (χ0v) is 8.44. The van der Waals surface area contributed by atoms with Crippen LogP contribution in [0.5, 0.6) is 0 Å². The lowest BCUT2D eigenvalue weighted by molar-refractivity contribution is 0.221. The van der Waals surface area contributed by atoms with Crippen molar-refractivity contribution in [3.8, 4) is 0 Å². The van der Waals surface area contributed by atoms with Crippen LogP contribution in [0.3, 0.4) is 0 Å². The predicted molar refractivity (Wildman–Crippen MR) is 50.6 cm³/mol. The van der Waals surface area contributed by atoms with Crippen molar-refractivity contribution in [2.75, 3.05) is 0 Å². The molecule has 1 saturated carbocycles. The highest BCUT2D eigenvalue weighted by Gasteiger charge is 2.26. The molecule has 4 heteroatoms. The van der Waals surface area contributed by atoms with Crippen molar-refractivity contribution in [3.05, 3.63) is 11.7 Å². The number of hydrogen-bond acceptors (Lipinski definition) is 4. The van der Waals surface area contributed by atoms with Crippen LogP contribution >= 0.6 is 0 Å². The molecule has 0 aromatic carbocycles. The van der Waals surface area contributed by atoms with Crippen LogP contribution in [0.25, 0.3) is 0 Å². The molecule has 78 valence electrons. The number of aromatic nitrogens is 2. The molecule has 1 aliphatic rings. The van der Waals surface area contributed by atoms with E-state index < -0.39 is 0 Å². The van der Waals surface area contributed by atoms with Crippen LogP contribution in [0.4, 0.5) is 0 Å². The van der Waals surface area contributed by atoms with E-state index in [1.165, 1.54) is 19.3 Å². The van der Waals surface area contributed by atoms with Crippen LogP contribution < -0.4 is 0 Å². The van der Waals surface area contributed by atoms with Crippen molar-refractivity contribution < 1.29 is 9.63 Å². The van der Waals surface area contributed by atoms with Crippen LogP contribution in [-0.2, 0) is 6.61 Å². The number of rotatable bonds is 2. The third-order valence-electron chi connectivity index (χ3n) is 3.06. The third-order valence-corrected chi connectivity index (χ3v) is 3.06. The molecule has 2 unspecified atom stereocenters. The summed E-state index contributed by atoms with van der Waals surface area (Å²) in [5.74, 6) is 2.17. The zero-order valence-electron chi connectivity index (χ0n) is 8.44. The minimum Gasteiger partial charge on any atom is -0.387 e. The highest BCUT2D eigenvalue weighted by atomic mass is 16.5. The summed E-state index contributed by atoms with van der Waals surface area (Å²) in [4.78, 5) is 4.18. The summed E-state index contributed by atoms with van der Waals surface area (Å²) in [5, 5.41) is 12.7. The molecule has 0 spiro atoms. The Labute approximate surface area is 83.3 Å². The summed E-state index contributed by atoms with van der Waals surface area (Å²) in [6.07, 6.45) is 4.94. The molecule has 0 amide bonds. The first-order chi connectivity index (χ1) is 6.81. The van der Waals surface area contributed by atoms with Crippen molar-refractivity contribution in [3.63, 3.8) is 0 Å². The van der Waals surface area contributed by atoms with Gasteiger partial charge in [-0.25, -0.2) is 0 Å². The van der Waals surface area contributed by atoms with Gasteiger partial charge < -0.3 is 9.63 Å². The smallest absolute Gasteiger partial charge is 0.252 e. The van der Waals surface area contributed by atoms with Gasteiger partial charge in [0.1, 0.15) is 6.61 Å². The van der Waals surface area contributed by atoms with E-state index in [0.717, 1.165) is 12.2 Å². The Morgan fingerprint density at radius 1 is 1.43 bits per heavy atom. The van der Waals surface area contributed by atoms with Crippen LogP contribution in [0.15, 0.2) is 4.52 Å². The van der Waals surface area contributed by atoms with Crippen LogP contribution in [0, 0.1) is 5.92 Å². The maximum absolute atomic E-state index is 8.82. The van der Waals surface area contributed by atoms with Crippen molar-refractivity contribution in [1.29, 1.82) is 0 Å². The van der Waals surface area contributed by atoms with Gasteiger partial charge in [-0.2, -0.15) is 4.98 Å². The molecule has 0 bridgehead atoms. The fourth-order valence-corrected chi connectivity index (χ4v) is 2.18. The standard InChI is InChI=1S/C10H16N2O2/c1-7-4-2-3-5-8(7)10-11-9(6-13)14-12-10/h7-8,13H,2-6H2,1H3. The first-order valence-corrected chi connectivity index (χ1v) is 5.24. The fraction of sp³-hybridized carbons (Fsp3) is 0.800. The Morgan fingerprint density at radius 2 is 2.21 bits per heavy atom. The van der Waals surface area contributed by atoms with E-state index in [9.17, 15) is 0 Å². The molecule has 1 aromatic rings. The van der Waals surface area contributed by atoms with E-state index in [2.05, 4.69) is 17.1 Å². The van der Waals surface area contributed by atoms with E-state index in [1.54, 1.807) is 0 Å². The van der Waals surface area contributed by atoms with Crippen LogP contribution in [0.2, 0.25) is 0 Å². The molecule has 14 heavy (non-hydrogen) atoms. The lowest BCUT2D eigenvalue weighted by Gasteiger charge is -2.25. The number of hydrogen-bond donors (Lipinski definition) is 1. The Bertz CT molecular complexity index is 298. The van der Waals surface area contributed by atoms with Crippen molar-refractivity contribution in [2.45, 2.75) is 45.1 Å². The molecule has 1 fully saturated rings. The van der Waals surface area contributed by atoms with Gasteiger partial charge in [0.05, 0.1) is 0 Å². The average Bonchev–Trinajstić information content (AvgIpc) is 2.67. The topological polar surface area (TPSA) is 59.2 Å². The molecular weight excluding hydrogens is 180 g/mol. The molecule has 1 heterocycles. The maximum Gasteiger partial charge on any atom is 0.252 e. The quantitative estimate of drug-likeness (QED) is 0.784. The summed E-state index contributed by atoms with van der Waals surface area (Å²) in [7, 11) is 0. The largest absolute Gasteiger partial charge is 0.387 e. The fourth-order valence-electron chi connectivity index (χ4n) is 2.18. The van der Waals surface area contributed by atoms with E-state index in [1.807, 2.05) is 0 Å². The van der Waals surface area contributed by atoms with Crippen molar-refractivity contribution >= 4 is 0 Å². The molecule has 0 radical (unpaired) electrons. The molecule has 0 saturated heterocycles. The normalized spacial score (nSPS) is 27.9. The Kier molecular flexibility index (Phi) is 2.82. The lowest BCUT2D eigenvalue weighted by Crippen LogP contribution is -2.16. The van der Waals surface area contributed by atoms with Crippen molar-refractivity contribution in [1.82, 2.24) is 10.1 Å². The molecule has 1 N–H and O–H groups in total. The van der Waals surface area contributed by atoms with Gasteiger partial charge in [0.15, 0.2) is 5.82 Å². The number of aliphatic hydroxyl groups is 1. The van der Waals surface area contributed by atoms with Gasteiger partial charge in [0.25, 0.3) is 5.89 Å². The van der Waals surface area contributed by atoms with Crippen LogP contribution in [-0.4, -0.2) is 15.2 Å². The Balaban J connectivity index is 2.12. The second-order valence-corrected chi connectivity index (χ2v) is 4.07. The average molecular weight is 196 g/mol. The lowest BCUT2D eigenvalue weighted by atomic mass is 9.80. The summed E-state index contributed by atoms with van der Waals surface area (Å²) in [6, 6.07) is 0. The molecule has 1 aliphatic carbocycles. The van der Waals surface area contributed by atoms with Gasteiger partial charge in [0.2, 0.25) is 0 Å². The highest BCUT2D eigenvalue weighted by Crippen LogP contribution is 2.35. The first kappa shape index (κ1) is 9.65. The second kappa shape index (κ2) is 4.09. The van der Waals surface area contributed by atoms with Gasteiger partial charge >= 0.3 is 0 Å². The second-order valence-electron chi connectivity index (χ2n) is 4.07. The minimum atomic E-state index is -0.159. The SMILES string of the molecule is CC1CCCCC1c1noc(CO)n1. The van der Waals surface area contributed by atoms with Gasteiger partial charge in [-0.3, -0.25) is 0 Å². The first-order valence-electron chi connectivity index (χ1n) is 5.24. The number of nitrogens with zero attached hydrogens (tertiary/aromatic N) is 2. The van der Waals surface area contributed by atoms with Crippen LogP contribution in [0.1, 0.15) is 50.2 Å². The third kappa shape index (κ3) is 1.80. The van der Waals surface area contributed by atoms with E-state index in [0.29, 0.717) is 17.7 Å². The summed E-state index contributed by atoms with van der Waals surface area (Å²) >= 11 is 0. The van der Waals surface area contributed by atoms with Gasteiger partial charge in [-0.15, -0.1) is 0 Å². The highest BCUT2D eigenvalue weighted by molar-refractivity contribution is 4.98. The van der Waals surface area contributed by atoms with Crippen molar-refractivity contribution in [2.24, 2.45) is 5.92 Å². The molecule has 1 aromatic heterocycles. The van der Waals surface area contributed by atoms with Gasteiger partial charge in [-0.1, -0.05) is 31.3 Å². The van der Waals surface area contributed by atoms with E-state index >= 15 is 0 Å². The molecule has 4 nitrogen and oxygen atoms in total. The van der Waals surface area contributed by atoms with E-state index in [-0.39, 0.29) is 6.61 Å². The predicted octanol–water partition coefficient (Wildman–Crippen LogP) is 1.86. The summed E-state index contributed by atoms with van der Waals surface area (Å²) in [5.41, 5.74) is 0. The molecule has 0 aliphatic heterocycles. The van der Waals surface area contributed by atoms with Gasteiger partial charge in [-0.05, 0) is 12.3 Å². The zero-order chi connectivity index (χ0) is 9.97. The molecule has 2 atom stereocenters. The van der Waals surface area contributed by atoms with E-state index in [4.69, 9.17) is 9.63 Å². The maximum atomic E-state index is 8.82. The molecular formula is C10H16N2O2. The Hall–Kier alpha value is -0.900. The number of aliphatic hydroxyl groups excluding tert-OH is 1. The summed E-state index contributed by atoms with van der Waals surface area (Å²) in [6.45, 7) is 2.08. The van der Waals surface area contributed by atoms with Gasteiger partial charge in [0, 0.05) is 5.92 Å². The summed E-state index contributed by atoms with van der Waals surface area (Å²) < 4.78 is 4.90.